The average Bonchev–Trinajstić information content (AvgIpc) is 3.52. The molecule has 1 fully saturated rings. The standard InChI is InChI=1S/C19H17N9O/c1-12(29)25-8-4-7-16(25)14-10-27(24-21-14)19-23-22-18-13-5-2-3-6-15(13)26-11-20-9-17(26)28(18)19/h2-3,5-6,9-11,16H,4,7-8H2,1H3. The van der Waals surface area contributed by atoms with E-state index in [9.17, 15) is 4.79 Å². The number of amides is 1. The maximum absolute atomic E-state index is 11.9. The number of hydrogen-bond acceptors (Lipinski definition) is 6. The van der Waals surface area contributed by atoms with E-state index in [4.69, 9.17) is 0 Å². The van der Waals surface area contributed by atoms with Gasteiger partial charge in [-0.1, -0.05) is 17.3 Å². The van der Waals surface area contributed by atoms with Gasteiger partial charge in [0.25, 0.3) is 5.95 Å². The molecule has 5 heterocycles. The second-order valence-corrected chi connectivity index (χ2v) is 7.26. The summed E-state index contributed by atoms with van der Waals surface area (Å²) in [6.45, 7) is 2.35. The lowest BCUT2D eigenvalue weighted by molar-refractivity contribution is -0.129. The third-order valence-corrected chi connectivity index (χ3v) is 5.61. The van der Waals surface area contributed by atoms with Crippen LogP contribution in [0.3, 0.4) is 0 Å². The molecule has 1 aliphatic heterocycles. The Kier molecular flexibility index (Phi) is 3.25. The van der Waals surface area contributed by atoms with Crippen molar-refractivity contribution in [3.05, 3.63) is 48.7 Å². The lowest BCUT2D eigenvalue weighted by atomic mass is 10.1. The second kappa shape index (κ2) is 5.84. The maximum Gasteiger partial charge on any atom is 0.259 e. The van der Waals surface area contributed by atoms with Crippen LogP contribution in [0.15, 0.2) is 43.0 Å². The van der Waals surface area contributed by atoms with Crippen molar-refractivity contribution in [3.8, 4) is 5.95 Å². The average molecular weight is 387 g/mol. The number of rotatable bonds is 2. The van der Waals surface area contributed by atoms with Gasteiger partial charge in [-0.15, -0.1) is 15.3 Å². The summed E-state index contributed by atoms with van der Waals surface area (Å²) in [6.07, 6.45) is 7.24. The largest absolute Gasteiger partial charge is 0.334 e. The molecule has 0 N–H and O–H groups in total. The molecule has 0 aliphatic carbocycles. The molecule has 144 valence electrons. The van der Waals surface area contributed by atoms with Gasteiger partial charge in [-0.3, -0.25) is 9.20 Å². The van der Waals surface area contributed by atoms with E-state index in [2.05, 4.69) is 25.5 Å². The van der Waals surface area contributed by atoms with Gasteiger partial charge >= 0.3 is 0 Å². The molecule has 1 unspecified atom stereocenters. The number of para-hydroxylation sites is 1. The van der Waals surface area contributed by atoms with Crippen LogP contribution in [0, 0.1) is 0 Å². The van der Waals surface area contributed by atoms with Crippen LogP contribution < -0.4 is 0 Å². The van der Waals surface area contributed by atoms with Crippen molar-refractivity contribution in [1.82, 2.24) is 43.9 Å². The van der Waals surface area contributed by atoms with Gasteiger partial charge in [0.05, 0.1) is 24.0 Å². The van der Waals surface area contributed by atoms with Gasteiger partial charge in [0.1, 0.15) is 17.7 Å². The van der Waals surface area contributed by atoms with E-state index in [0.717, 1.165) is 47.3 Å². The van der Waals surface area contributed by atoms with E-state index >= 15 is 0 Å². The molecule has 0 radical (unpaired) electrons. The highest BCUT2D eigenvalue weighted by Crippen LogP contribution is 2.31. The molecule has 1 aromatic carbocycles. The summed E-state index contributed by atoms with van der Waals surface area (Å²) in [6, 6.07) is 7.96. The maximum atomic E-state index is 11.9. The first-order valence-corrected chi connectivity index (χ1v) is 9.50. The van der Waals surface area contributed by atoms with E-state index < -0.39 is 0 Å². The van der Waals surface area contributed by atoms with Gasteiger partial charge in [0.15, 0.2) is 5.65 Å². The molecule has 0 saturated carbocycles. The molecule has 1 amide bonds. The van der Waals surface area contributed by atoms with Crippen molar-refractivity contribution in [1.29, 1.82) is 0 Å². The Balaban J connectivity index is 1.55. The van der Waals surface area contributed by atoms with Gasteiger partial charge < -0.3 is 4.90 Å². The van der Waals surface area contributed by atoms with Crippen LogP contribution in [-0.2, 0) is 4.79 Å². The van der Waals surface area contributed by atoms with Crippen LogP contribution >= 0.6 is 0 Å². The molecule has 4 aromatic heterocycles. The van der Waals surface area contributed by atoms with Crippen molar-refractivity contribution in [2.45, 2.75) is 25.8 Å². The summed E-state index contributed by atoms with van der Waals surface area (Å²) < 4.78 is 5.54. The molecular formula is C19H17N9O. The normalized spacial score (nSPS) is 17.1. The second-order valence-electron chi connectivity index (χ2n) is 7.26. The van der Waals surface area contributed by atoms with Crippen LogP contribution in [0.1, 0.15) is 31.5 Å². The minimum atomic E-state index is -0.0451. The first-order valence-electron chi connectivity index (χ1n) is 9.50. The number of likely N-dealkylation sites (tertiary alicyclic amines) is 1. The molecule has 0 bridgehead atoms. The summed E-state index contributed by atoms with van der Waals surface area (Å²) >= 11 is 0. The number of nitrogens with zero attached hydrogens (tertiary/aromatic N) is 9. The molecule has 5 aromatic rings. The van der Waals surface area contributed by atoms with Crippen molar-refractivity contribution in [3.63, 3.8) is 0 Å². The van der Waals surface area contributed by atoms with Crippen molar-refractivity contribution in [2.24, 2.45) is 0 Å². The Morgan fingerprint density at radius 2 is 2.07 bits per heavy atom. The fourth-order valence-electron chi connectivity index (χ4n) is 4.30. The van der Waals surface area contributed by atoms with Crippen LogP contribution in [0.4, 0.5) is 0 Å². The Bertz CT molecular complexity index is 1400. The number of fused-ring (bicyclic) bond motifs is 6. The van der Waals surface area contributed by atoms with Gasteiger partial charge in [-0.2, -0.15) is 4.68 Å². The van der Waals surface area contributed by atoms with E-state index in [1.807, 2.05) is 44.2 Å². The lowest BCUT2D eigenvalue weighted by Crippen LogP contribution is -2.28. The summed E-state index contributed by atoms with van der Waals surface area (Å²) in [7, 11) is 0. The number of imidazole rings is 1. The SMILES string of the molecule is CC(=O)N1CCCC1c1cn(-c2nnc3c4ccccc4n4cncc4n23)nn1. The fraction of sp³-hybridized carbons (Fsp3) is 0.263. The Morgan fingerprint density at radius 1 is 1.17 bits per heavy atom. The topological polar surface area (TPSA) is 98.5 Å². The quantitative estimate of drug-likeness (QED) is 0.458. The minimum absolute atomic E-state index is 0.0451. The molecule has 10 nitrogen and oxygen atoms in total. The molecule has 6 rings (SSSR count). The summed E-state index contributed by atoms with van der Waals surface area (Å²) in [5, 5.41) is 18.4. The van der Waals surface area contributed by atoms with Crippen LogP contribution in [0.5, 0.6) is 0 Å². The highest BCUT2D eigenvalue weighted by molar-refractivity contribution is 5.94. The highest BCUT2D eigenvalue weighted by Gasteiger charge is 2.30. The number of benzene rings is 1. The number of hydrogen-bond donors (Lipinski definition) is 0. The predicted molar refractivity (Wildman–Crippen MR) is 104 cm³/mol. The monoisotopic (exact) mass is 387 g/mol. The fourth-order valence-corrected chi connectivity index (χ4v) is 4.30. The molecule has 1 aliphatic rings. The summed E-state index contributed by atoms with van der Waals surface area (Å²) in [5.41, 5.74) is 3.34. The van der Waals surface area contributed by atoms with Gasteiger partial charge in [0, 0.05) is 18.9 Å². The van der Waals surface area contributed by atoms with E-state index in [-0.39, 0.29) is 11.9 Å². The molecule has 29 heavy (non-hydrogen) atoms. The number of carbonyl (C=O) groups is 1. The Hall–Kier alpha value is -3.82. The highest BCUT2D eigenvalue weighted by atomic mass is 16.2. The third kappa shape index (κ3) is 2.22. The Morgan fingerprint density at radius 3 is 2.97 bits per heavy atom. The minimum Gasteiger partial charge on any atom is -0.334 e. The zero-order valence-corrected chi connectivity index (χ0v) is 15.7. The number of carbonyl (C=O) groups excluding carboxylic acids is 1. The summed E-state index contributed by atoms with van der Waals surface area (Å²) in [4.78, 5) is 18.1. The van der Waals surface area contributed by atoms with E-state index in [1.54, 1.807) is 24.1 Å². The predicted octanol–water partition coefficient (Wildman–Crippen LogP) is 1.79. The van der Waals surface area contributed by atoms with E-state index in [1.165, 1.54) is 0 Å². The molecule has 0 spiro atoms. The lowest BCUT2D eigenvalue weighted by Gasteiger charge is -2.20. The number of aromatic nitrogens is 8. The molecule has 1 saturated heterocycles. The van der Waals surface area contributed by atoms with Crippen LogP contribution in [0.25, 0.3) is 28.1 Å². The Labute approximate surface area is 164 Å². The third-order valence-electron chi connectivity index (χ3n) is 5.61. The van der Waals surface area contributed by atoms with Gasteiger partial charge in [-0.05, 0) is 25.0 Å². The molecule has 1 atom stereocenters. The summed E-state index contributed by atoms with van der Waals surface area (Å²) in [5.74, 6) is 0.588. The molecular weight excluding hydrogens is 370 g/mol. The van der Waals surface area contributed by atoms with Gasteiger partial charge in [0.2, 0.25) is 5.91 Å². The smallest absolute Gasteiger partial charge is 0.259 e. The zero-order valence-electron chi connectivity index (χ0n) is 15.7. The van der Waals surface area contributed by atoms with Crippen LogP contribution in [-0.4, -0.2) is 56.3 Å². The zero-order chi connectivity index (χ0) is 19.5. The molecule has 10 heteroatoms. The van der Waals surface area contributed by atoms with Gasteiger partial charge in [-0.25, -0.2) is 9.38 Å². The van der Waals surface area contributed by atoms with Crippen molar-refractivity contribution < 1.29 is 4.79 Å². The van der Waals surface area contributed by atoms with Crippen molar-refractivity contribution >= 4 is 28.1 Å². The van der Waals surface area contributed by atoms with Crippen molar-refractivity contribution in [2.75, 3.05) is 6.54 Å². The first kappa shape index (κ1) is 16.2. The first-order chi connectivity index (χ1) is 14.2. The van der Waals surface area contributed by atoms with Crippen LogP contribution in [0.2, 0.25) is 0 Å². The van der Waals surface area contributed by atoms with E-state index in [0.29, 0.717) is 5.95 Å².